The van der Waals surface area contributed by atoms with Gasteiger partial charge in [-0.1, -0.05) is 37.6 Å². The zero-order chi connectivity index (χ0) is 36.2. The number of fused-ring (bicyclic) bond motifs is 3. The molecule has 4 aromatic rings. The predicted octanol–water partition coefficient (Wildman–Crippen LogP) is 4.80. The highest BCUT2D eigenvalue weighted by Crippen LogP contribution is 2.49. The summed E-state index contributed by atoms with van der Waals surface area (Å²) in [5.41, 5.74) is 0. The van der Waals surface area contributed by atoms with Crippen molar-refractivity contribution >= 4 is 75.1 Å². The maximum Gasteiger partial charge on any atom is 0.264 e. The van der Waals surface area contributed by atoms with Crippen molar-refractivity contribution in [2.24, 2.45) is 23.7 Å². The molecule has 3 aliphatic heterocycles. The molecular formula is C35H51N6O6S4+. The van der Waals surface area contributed by atoms with Gasteiger partial charge in [0, 0.05) is 48.8 Å². The van der Waals surface area contributed by atoms with Crippen molar-refractivity contribution in [3.8, 4) is 0 Å². The van der Waals surface area contributed by atoms with E-state index >= 15 is 0 Å². The van der Waals surface area contributed by atoms with Crippen LogP contribution in [0.1, 0.15) is 26.2 Å². The molecule has 2 N–H and O–H groups in total. The van der Waals surface area contributed by atoms with E-state index in [0.717, 1.165) is 62.9 Å². The zero-order valence-corrected chi connectivity index (χ0v) is 33.0. The van der Waals surface area contributed by atoms with Gasteiger partial charge in [0.25, 0.3) is 20.2 Å². The monoisotopic (exact) mass is 779 g/mol. The molecule has 5 aliphatic rings. The van der Waals surface area contributed by atoms with Crippen molar-refractivity contribution in [1.82, 2.24) is 14.1 Å². The smallest absolute Gasteiger partial charge is 0.264 e. The molecule has 1 spiro atoms. The SMILES string of the molecule is CC[C@H]1C[C@@H]1COS(C)(=O)=O.CS(=O)(=O)O.c1ccc2c(N3CCNCC3)nsc2c1.c1ccc2c(N3CC[N+]4(CC3)C[C@H]3C[C@@H]3C4)nsc2c1. The average molecular weight is 780 g/mol. The first-order valence-corrected chi connectivity index (χ1v) is 23.0. The zero-order valence-electron chi connectivity index (χ0n) is 29.7. The summed E-state index contributed by atoms with van der Waals surface area (Å²) in [5, 5.41) is 6.00. The lowest BCUT2D eigenvalue weighted by molar-refractivity contribution is -0.922. The van der Waals surface area contributed by atoms with Crippen LogP contribution in [0.2, 0.25) is 0 Å². The lowest BCUT2D eigenvalue weighted by Gasteiger charge is -2.43. The molecule has 9 rings (SSSR count). The number of aromatic nitrogens is 2. The Hall–Kier alpha value is -2.44. The molecule has 0 bridgehead atoms. The molecule has 0 radical (unpaired) electrons. The summed E-state index contributed by atoms with van der Waals surface area (Å²) >= 11 is 3.24. The van der Waals surface area contributed by atoms with Crippen molar-refractivity contribution in [2.75, 3.05) is 94.4 Å². The summed E-state index contributed by atoms with van der Waals surface area (Å²) in [6.07, 6.45) is 5.60. The number of anilines is 2. The number of hydrogen-bond donors (Lipinski definition) is 2. The van der Waals surface area contributed by atoms with Crippen molar-refractivity contribution in [3.05, 3.63) is 48.5 Å². The highest BCUT2D eigenvalue weighted by Gasteiger charge is 2.55. The van der Waals surface area contributed by atoms with Gasteiger partial charge in [0.2, 0.25) is 0 Å². The van der Waals surface area contributed by atoms with E-state index in [1.165, 1.54) is 76.2 Å². The second-order valence-corrected chi connectivity index (χ2v) is 19.2. The number of quaternary nitrogens is 1. The Bertz CT molecular complexity index is 1950. The van der Waals surface area contributed by atoms with Crippen LogP contribution in [-0.4, -0.2) is 119 Å². The minimum absolute atomic E-state index is 0.386. The Balaban J connectivity index is 0.000000129. The largest absolute Gasteiger partial charge is 0.353 e. The van der Waals surface area contributed by atoms with E-state index in [0.29, 0.717) is 24.7 Å². The Morgan fingerprint density at radius 3 is 1.76 bits per heavy atom. The van der Waals surface area contributed by atoms with Crippen LogP contribution in [0, 0.1) is 23.7 Å². The third kappa shape index (κ3) is 10.8. The van der Waals surface area contributed by atoms with E-state index in [9.17, 15) is 16.8 Å². The Morgan fingerprint density at radius 2 is 1.29 bits per heavy atom. The minimum atomic E-state index is -3.67. The fourth-order valence-corrected chi connectivity index (χ4v) is 9.61. The summed E-state index contributed by atoms with van der Waals surface area (Å²) in [5.74, 6) is 5.76. The summed E-state index contributed by atoms with van der Waals surface area (Å²) in [6.45, 7) is 14.7. The van der Waals surface area contributed by atoms with Gasteiger partial charge in [-0.15, -0.1) is 0 Å². The molecule has 4 atom stereocenters. The van der Waals surface area contributed by atoms with Gasteiger partial charge in [-0.3, -0.25) is 8.74 Å². The first-order chi connectivity index (χ1) is 24.3. The quantitative estimate of drug-likeness (QED) is 0.158. The second-order valence-electron chi connectivity index (χ2n) is 14.5. The van der Waals surface area contributed by atoms with E-state index < -0.39 is 20.2 Å². The van der Waals surface area contributed by atoms with E-state index in [-0.39, 0.29) is 0 Å². The molecule has 2 aliphatic carbocycles. The fourth-order valence-electron chi connectivity index (χ4n) is 7.60. The second kappa shape index (κ2) is 16.3. The summed E-state index contributed by atoms with van der Waals surface area (Å²) in [6, 6.07) is 17.1. The third-order valence-corrected chi connectivity index (χ3v) is 12.7. The van der Waals surface area contributed by atoms with Crippen LogP contribution < -0.4 is 15.1 Å². The normalized spacial score (nSPS) is 24.9. The van der Waals surface area contributed by atoms with Gasteiger partial charge in [-0.05, 0) is 72.0 Å². The number of nitrogens with one attached hydrogen (secondary N) is 1. The van der Waals surface area contributed by atoms with Crippen molar-refractivity contribution in [3.63, 3.8) is 0 Å². The van der Waals surface area contributed by atoms with E-state index in [1.54, 1.807) is 23.1 Å². The highest BCUT2D eigenvalue weighted by molar-refractivity contribution is 7.86. The number of hydrogen-bond acceptors (Lipinski definition) is 12. The molecule has 5 heterocycles. The van der Waals surface area contributed by atoms with Crippen LogP contribution in [0.3, 0.4) is 0 Å². The number of benzene rings is 2. The molecule has 2 saturated carbocycles. The highest BCUT2D eigenvalue weighted by atomic mass is 32.2. The maximum absolute atomic E-state index is 10.5. The standard InChI is InChI=1S/C16H20N3S.C11H13N3S.C7H14O3S.CH4O3S/c1-2-4-15-14(3-1)16(17-20-15)18-5-7-19(8-6-18)10-12-9-13(12)11-19;1-2-4-10-9(3-1)11(13-15-10)14-7-5-12-6-8-14;1-3-6-4-7(6)5-10-11(2,8)9;1-5(2,3)4/h1-4,12-13H,5-11H2;1-4,12H,5-8H2;6-7H,3-5H2,1-2H3;1H3,(H,2,3,4)/q+1;;;/t12-,13-;;6-,7+;/m1.0./s1. The summed E-state index contributed by atoms with van der Waals surface area (Å²) in [4.78, 5) is 4.89. The first-order valence-electron chi connectivity index (χ1n) is 17.8. The summed E-state index contributed by atoms with van der Waals surface area (Å²) in [7, 11) is -6.88. The Kier molecular flexibility index (Phi) is 12.2. The number of nitrogens with zero attached hydrogens (tertiary/aromatic N) is 5. The number of rotatable bonds is 6. The molecule has 51 heavy (non-hydrogen) atoms. The molecule has 280 valence electrons. The molecule has 12 nitrogen and oxygen atoms in total. The van der Waals surface area contributed by atoms with Gasteiger partial charge in [0.1, 0.15) is 5.82 Å². The number of piperidine rings is 1. The Morgan fingerprint density at radius 1 is 0.804 bits per heavy atom. The van der Waals surface area contributed by atoms with Crippen molar-refractivity contribution in [2.45, 2.75) is 26.2 Å². The predicted molar refractivity (Wildman–Crippen MR) is 208 cm³/mol. The van der Waals surface area contributed by atoms with Gasteiger partial charge >= 0.3 is 0 Å². The average Bonchev–Trinajstić information content (AvgIpc) is 3.86. The lowest BCUT2D eigenvalue weighted by atomic mass is 10.2. The summed E-state index contributed by atoms with van der Waals surface area (Å²) < 4.78 is 64.9. The van der Waals surface area contributed by atoms with Crippen LogP contribution >= 0.6 is 23.1 Å². The van der Waals surface area contributed by atoms with Gasteiger partial charge in [0.15, 0.2) is 5.82 Å². The van der Waals surface area contributed by atoms with E-state index in [1.807, 2.05) is 0 Å². The lowest BCUT2D eigenvalue weighted by Crippen LogP contribution is -2.59. The fraction of sp³-hybridized carbons (Fsp3) is 0.600. The molecule has 3 saturated heterocycles. The van der Waals surface area contributed by atoms with Crippen LogP contribution in [0.25, 0.3) is 20.2 Å². The number of piperazine rings is 2. The van der Waals surface area contributed by atoms with Gasteiger partial charge in [-0.2, -0.15) is 25.6 Å². The van der Waals surface area contributed by atoms with Crippen LogP contribution in [0.5, 0.6) is 0 Å². The molecule has 16 heteroatoms. The van der Waals surface area contributed by atoms with Gasteiger partial charge in [-0.25, -0.2) is 0 Å². The Labute approximate surface area is 310 Å². The van der Waals surface area contributed by atoms with Crippen LogP contribution in [-0.2, 0) is 24.4 Å². The van der Waals surface area contributed by atoms with E-state index in [4.69, 9.17) is 8.93 Å². The van der Waals surface area contributed by atoms with Crippen molar-refractivity contribution in [1.29, 1.82) is 0 Å². The first kappa shape index (κ1) is 38.3. The van der Waals surface area contributed by atoms with Crippen molar-refractivity contribution < 1.29 is 30.1 Å². The maximum atomic E-state index is 10.5. The van der Waals surface area contributed by atoms with Gasteiger partial charge in [0.05, 0.1) is 67.8 Å². The minimum Gasteiger partial charge on any atom is -0.353 e. The van der Waals surface area contributed by atoms with Gasteiger partial charge < -0.3 is 19.6 Å². The van der Waals surface area contributed by atoms with Crippen LogP contribution in [0.4, 0.5) is 11.6 Å². The molecule has 0 amide bonds. The topological polar surface area (TPSA) is 142 Å². The molecule has 2 aromatic heterocycles. The molecule has 5 fully saturated rings. The molecule has 2 aromatic carbocycles. The van der Waals surface area contributed by atoms with Crippen LogP contribution in [0.15, 0.2) is 48.5 Å². The van der Waals surface area contributed by atoms with E-state index in [2.05, 4.69) is 79.1 Å². The molecule has 0 unspecified atom stereocenters. The third-order valence-electron chi connectivity index (χ3n) is 10.5. The molecular weight excluding hydrogens is 729 g/mol.